The lowest BCUT2D eigenvalue weighted by Crippen LogP contribution is -1.89. The van der Waals surface area contributed by atoms with Crippen LogP contribution >= 0.6 is 0 Å². The summed E-state index contributed by atoms with van der Waals surface area (Å²) in [5, 5.41) is 8.70. The highest BCUT2D eigenvalue weighted by Crippen LogP contribution is 2.38. The number of methoxy groups -OCH3 is 2. The van der Waals surface area contributed by atoms with Crippen molar-refractivity contribution in [2.75, 3.05) is 14.2 Å². The Hall–Kier alpha value is -2.20. The van der Waals surface area contributed by atoms with Gasteiger partial charge in [-0.15, -0.1) is 0 Å². The molecule has 0 saturated carbocycles. The van der Waals surface area contributed by atoms with Crippen molar-refractivity contribution < 1.29 is 9.47 Å². The smallest absolute Gasteiger partial charge is 0.268 e. The molecule has 14 heavy (non-hydrogen) atoms. The van der Waals surface area contributed by atoms with E-state index in [0.717, 1.165) is 0 Å². The molecule has 70 valence electrons. The van der Waals surface area contributed by atoms with E-state index in [1.165, 1.54) is 26.4 Å². The zero-order valence-electron chi connectivity index (χ0n) is 7.87. The van der Waals surface area contributed by atoms with Crippen LogP contribution in [0.2, 0.25) is 0 Å². The molecule has 0 saturated heterocycles. The van der Waals surface area contributed by atoms with E-state index >= 15 is 0 Å². The summed E-state index contributed by atoms with van der Waals surface area (Å²) < 4.78 is 9.95. The summed E-state index contributed by atoms with van der Waals surface area (Å²) in [5.41, 5.74) is 0.695. The molecule has 4 nitrogen and oxygen atoms in total. The summed E-state index contributed by atoms with van der Waals surface area (Å²) >= 11 is 0. The summed E-state index contributed by atoms with van der Waals surface area (Å²) in [6.45, 7) is 6.94. The Bertz CT molecular complexity index is 402. The molecule has 1 aromatic carbocycles. The van der Waals surface area contributed by atoms with Gasteiger partial charge in [-0.05, 0) is 12.1 Å². The molecule has 0 atom stereocenters. The van der Waals surface area contributed by atoms with Crippen LogP contribution in [0.5, 0.6) is 11.5 Å². The average molecular weight is 188 g/mol. The summed E-state index contributed by atoms with van der Waals surface area (Å²) in [4.78, 5) is 3.28. The Morgan fingerprint density at radius 1 is 1.29 bits per heavy atom. The van der Waals surface area contributed by atoms with Gasteiger partial charge in [0.05, 0.1) is 32.4 Å². The molecule has 0 radical (unpaired) electrons. The number of ether oxygens (including phenoxy) is 2. The Labute approximate surface area is 82.1 Å². The minimum absolute atomic E-state index is 0.286. The number of nitrogens with zero attached hydrogens (tertiary/aromatic N) is 2. The Balaban J connectivity index is 3.43. The standard InChI is InChI=1S/C10H8N2O2/c1-12-10-8(13-2)4-7(6-11)5-9(10)14-3/h4-5H,2-3H3. The lowest BCUT2D eigenvalue weighted by molar-refractivity contribution is 0.399. The Kier molecular flexibility index (Phi) is 2.93. The summed E-state index contributed by atoms with van der Waals surface area (Å²) in [5.74, 6) is 0.715. The number of nitriles is 1. The molecule has 0 heterocycles. The molecule has 1 rings (SSSR count). The molecule has 0 aliphatic rings. The highest BCUT2D eigenvalue weighted by molar-refractivity contribution is 5.69. The number of rotatable bonds is 2. The van der Waals surface area contributed by atoms with E-state index in [1.807, 2.05) is 6.07 Å². The zero-order valence-corrected chi connectivity index (χ0v) is 7.87. The van der Waals surface area contributed by atoms with E-state index in [-0.39, 0.29) is 5.69 Å². The van der Waals surface area contributed by atoms with Gasteiger partial charge in [0, 0.05) is 0 Å². The lowest BCUT2D eigenvalue weighted by Gasteiger charge is -2.07. The third kappa shape index (κ3) is 1.60. The quantitative estimate of drug-likeness (QED) is 0.668. The molecule has 0 aliphatic heterocycles. The Morgan fingerprint density at radius 2 is 1.79 bits per heavy atom. The van der Waals surface area contributed by atoms with Crippen molar-refractivity contribution in [3.8, 4) is 17.6 Å². The molecule has 0 unspecified atom stereocenters. The van der Waals surface area contributed by atoms with Crippen molar-refractivity contribution in [1.29, 1.82) is 5.26 Å². The molecule has 4 heteroatoms. The highest BCUT2D eigenvalue weighted by Gasteiger charge is 2.11. The van der Waals surface area contributed by atoms with E-state index in [1.54, 1.807) is 0 Å². The van der Waals surface area contributed by atoms with Gasteiger partial charge in [-0.3, -0.25) is 0 Å². The monoisotopic (exact) mass is 188 g/mol. The molecular formula is C10H8N2O2. The van der Waals surface area contributed by atoms with E-state index in [2.05, 4.69) is 4.85 Å². The topological polar surface area (TPSA) is 46.6 Å². The first kappa shape index (κ1) is 9.88. The van der Waals surface area contributed by atoms with Crippen molar-refractivity contribution in [2.24, 2.45) is 0 Å². The van der Waals surface area contributed by atoms with Crippen molar-refractivity contribution in [2.45, 2.75) is 0 Å². The van der Waals surface area contributed by atoms with Gasteiger partial charge in [-0.2, -0.15) is 5.26 Å². The lowest BCUT2D eigenvalue weighted by atomic mass is 10.2. The summed E-state index contributed by atoms with van der Waals surface area (Å²) in [7, 11) is 2.90. The maximum absolute atomic E-state index is 8.70. The van der Waals surface area contributed by atoms with E-state index in [0.29, 0.717) is 17.1 Å². The number of benzene rings is 1. The van der Waals surface area contributed by atoms with Crippen molar-refractivity contribution in [3.05, 3.63) is 29.1 Å². The predicted octanol–water partition coefficient (Wildman–Crippen LogP) is 2.13. The number of hydrogen-bond acceptors (Lipinski definition) is 3. The largest absolute Gasteiger partial charge is 0.508 e. The second-order valence-electron chi connectivity index (χ2n) is 2.45. The molecular weight excluding hydrogens is 180 g/mol. The fraction of sp³-hybridized carbons (Fsp3) is 0.200. The van der Waals surface area contributed by atoms with Crippen LogP contribution in [0.15, 0.2) is 12.1 Å². The van der Waals surface area contributed by atoms with Gasteiger partial charge in [0.1, 0.15) is 11.5 Å². The van der Waals surface area contributed by atoms with E-state index in [9.17, 15) is 0 Å². The minimum Gasteiger partial charge on any atom is -0.508 e. The maximum Gasteiger partial charge on any atom is 0.268 e. The molecule has 0 amide bonds. The molecule has 0 N–H and O–H groups in total. The molecule has 0 fully saturated rings. The van der Waals surface area contributed by atoms with E-state index < -0.39 is 0 Å². The number of hydrogen-bond donors (Lipinski definition) is 0. The first-order chi connectivity index (χ1) is 6.76. The van der Waals surface area contributed by atoms with Crippen LogP contribution in [0.1, 0.15) is 5.56 Å². The van der Waals surface area contributed by atoms with Gasteiger partial charge in [-0.1, -0.05) is 0 Å². The van der Waals surface area contributed by atoms with Gasteiger partial charge in [-0.25, -0.2) is 4.85 Å². The van der Waals surface area contributed by atoms with Gasteiger partial charge in [0.25, 0.3) is 5.69 Å². The first-order valence-corrected chi connectivity index (χ1v) is 3.80. The van der Waals surface area contributed by atoms with Crippen LogP contribution in [0, 0.1) is 17.9 Å². The van der Waals surface area contributed by atoms with E-state index in [4.69, 9.17) is 21.3 Å². The van der Waals surface area contributed by atoms with Crippen LogP contribution in [0.25, 0.3) is 4.85 Å². The predicted molar refractivity (Wildman–Crippen MR) is 50.5 cm³/mol. The van der Waals surface area contributed by atoms with Gasteiger partial charge in [0.2, 0.25) is 0 Å². The second-order valence-corrected chi connectivity index (χ2v) is 2.45. The van der Waals surface area contributed by atoms with Crippen LogP contribution in [-0.2, 0) is 0 Å². The summed E-state index contributed by atoms with van der Waals surface area (Å²) in [6, 6.07) is 4.98. The fourth-order valence-electron chi connectivity index (χ4n) is 1.07. The zero-order chi connectivity index (χ0) is 10.6. The normalized spacial score (nSPS) is 8.57. The SMILES string of the molecule is [C-]#[N+]c1c(OC)cc(C#N)cc1OC. The van der Waals surface area contributed by atoms with Crippen LogP contribution in [0.3, 0.4) is 0 Å². The molecule has 0 aromatic heterocycles. The molecule has 1 aromatic rings. The second kappa shape index (κ2) is 4.15. The maximum atomic E-state index is 8.70. The molecule has 0 bridgehead atoms. The van der Waals surface area contributed by atoms with Crippen molar-refractivity contribution in [3.63, 3.8) is 0 Å². The third-order valence-electron chi connectivity index (χ3n) is 1.72. The van der Waals surface area contributed by atoms with Crippen LogP contribution < -0.4 is 9.47 Å². The fourth-order valence-corrected chi connectivity index (χ4v) is 1.07. The van der Waals surface area contributed by atoms with Crippen LogP contribution in [-0.4, -0.2) is 14.2 Å². The van der Waals surface area contributed by atoms with Crippen molar-refractivity contribution in [1.82, 2.24) is 0 Å². The van der Waals surface area contributed by atoms with Gasteiger partial charge >= 0.3 is 0 Å². The minimum atomic E-state index is 0.286. The molecule has 0 spiro atoms. The molecule has 0 aliphatic carbocycles. The van der Waals surface area contributed by atoms with Gasteiger partial charge < -0.3 is 9.47 Å². The van der Waals surface area contributed by atoms with Crippen molar-refractivity contribution >= 4 is 5.69 Å². The Morgan fingerprint density at radius 3 is 2.07 bits per heavy atom. The first-order valence-electron chi connectivity index (χ1n) is 3.80. The average Bonchev–Trinajstić information content (AvgIpc) is 2.26. The summed E-state index contributed by atoms with van der Waals surface area (Å²) in [6.07, 6.45) is 0. The highest BCUT2D eigenvalue weighted by atomic mass is 16.5. The van der Waals surface area contributed by atoms with Crippen LogP contribution in [0.4, 0.5) is 5.69 Å². The third-order valence-corrected chi connectivity index (χ3v) is 1.72. The van der Waals surface area contributed by atoms with Gasteiger partial charge in [0.15, 0.2) is 0 Å².